The van der Waals surface area contributed by atoms with Crippen molar-refractivity contribution in [1.82, 2.24) is 69.1 Å². The van der Waals surface area contributed by atoms with Crippen molar-refractivity contribution >= 4 is 150 Å². The van der Waals surface area contributed by atoms with Gasteiger partial charge in [-0.15, -0.1) is 0 Å². The lowest BCUT2D eigenvalue weighted by atomic mass is 9.97. The Morgan fingerprint density at radius 1 is 0.532 bits per heavy atom. The van der Waals surface area contributed by atoms with Crippen LogP contribution in [0.25, 0.3) is 0 Å². The number of phenolic OH excluding ortho intramolecular Hbond substituents is 1. The van der Waals surface area contributed by atoms with E-state index in [1.54, 1.807) is 13.8 Å². The number of hydrogen-bond donors (Lipinski definition) is 24. The van der Waals surface area contributed by atoms with Crippen molar-refractivity contribution in [2.24, 2.45) is 67.7 Å². The lowest BCUT2D eigenvalue weighted by Crippen LogP contribution is -2.63. The molecular weight excluding hydrogens is 1540 g/mol. The van der Waals surface area contributed by atoms with Gasteiger partial charge in [-0.2, -0.15) is 0 Å². The Hall–Kier alpha value is -9.64. The molecule has 2 bridgehead atoms. The Bertz CT molecular complexity index is 3470. The molecule has 0 radical (unpaired) electrons. The number of aliphatic hydroxyl groups excluding tert-OH is 1. The molecule has 16 atom stereocenters. The van der Waals surface area contributed by atoms with Crippen LogP contribution < -0.4 is 115 Å². The molecular formula is C65H107N23O19S4. The molecule has 46 heteroatoms. The molecule has 2 aliphatic rings. The summed E-state index contributed by atoms with van der Waals surface area (Å²) >= 11 is 0. The monoisotopic (exact) mass is 1640 g/mol. The number of nitrogens with two attached hydrogens (primary N) is 8. The van der Waals surface area contributed by atoms with Gasteiger partial charge in [0.1, 0.15) is 84.3 Å². The number of aliphatic carboxylic acids is 1. The zero-order valence-electron chi connectivity index (χ0n) is 62.4. The van der Waals surface area contributed by atoms with Gasteiger partial charge in [-0.1, -0.05) is 89.4 Å². The van der Waals surface area contributed by atoms with Gasteiger partial charge in [0.25, 0.3) is 0 Å². The van der Waals surface area contributed by atoms with Gasteiger partial charge < -0.3 is 130 Å². The topological polar surface area (TPSA) is 723 Å². The van der Waals surface area contributed by atoms with Crippen LogP contribution >= 0.6 is 43.2 Å². The largest absolute Gasteiger partial charge is 0.508 e. The summed E-state index contributed by atoms with van der Waals surface area (Å²) in [6.07, 6.45) is -3.96. The molecule has 1 aromatic rings. The zero-order valence-corrected chi connectivity index (χ0v) is 65.6. The fourth-order valence-corrected chi connectivity index (χ4v) is 15.2. The number of carboxylic acid groups (broad SMARTS) is 1. The van der Waals surface area contributed by atoms with Gasteiger partial charge in [-0.25, -0.2) is 4.79 Å². The molecule has 2 saturated heterocycles. The van der Waals surface area contributed by atoms with Crippen molar-refractivity contribution in [3.63, 3.8) is 0 Å². The Balaban J connectivity index is 2.50. The number of guanidine groups is 2. The molecule has 2 heterocycles. The quantitative estimate of drug-likeness (QED) is 0.0142. The number of unbranched alkanes of at least 4 members (excludes halogenated alkanes) is 1. The van der Waals surface area contributed by atoms with Gasteiger partial charge >= 0.3 is 5.97 Å². The Labute approximate surface area is 656 Å². The van der Waals surface area contributed by atoms with Crippen LogP contribution in [-0.4, -0.2) is 255 Å². The zero-order chi connectivity index (χ0) is 83.4. The van der Waals surface area contributed by atoms with Crippen molar-refractivity contribution < 1.29 is 92.0 Å². The Morgan fingerprint density at radius 2 is 1.01 bits per heavy atom. The summed E-state index contributed by atoms with van der Waals surface area (Å²) in [5.74, 6) is -22.9. The van der Waals surface area contributed by atoms with Gasteiger partial charge in [0.05, 0.1) is 25.0 Å². The van der Waals surface area contributed by atoms with E-state index in [0.29, 0.717) is 6.42 Å². The van der Waals surface area contributed by atoms with Gasteiger partial charge in [0.2, 0.25) is 88.6 Å². The van der Waals surface area contributed by atoms with Gasteiger partial charge in [-0.05, 0) is 94.9 Å². The highest BCUT2D eigenvalue weighted by Gasteiger charge is 2.41. The Kier molecular flexibility index (Phi) is 42.1. The number of nitrogens with one attached hydrogen (secondary N) is 13. The van der Waals surface area contributed by atoms with Crippen LogP contribution in [0.5, 0.6) is 5.75 Å². The molecule has 0 unspecified atom stereocenters. The summed E-state index contributed by atoms with van der Waals surface area (Å²) in [4.78, 5) is 236. The summed E-state index contributed by atoms with van der Waals surface area (Å²) in [7, 11) is 3.05. The van der Waals surface area contributed by atoms with Crippen molar-refractivity contribution in [3.05, 3.63) is 29.8 Å². The third kappa shape index (κ3) is 34.7. The third-order valence-electron chi connectivity index (χ3n) is 17.0. The first-order valence-electron chi connectivity index (χ1n) is 35.5. The highest BCUT2D eigenvalue weighted by atomic mass is 33.1. The van der Waals surface area contributed by atoms with E-state index >= 15 is 19.2 Å². The van der Waals surface area contributed by atoms with E-state index in [1.807, 2.05) is 0 Å². The number of rotatable bonds is 31. The smallest absolute Gasteiger partial charge is 0.326 e. The average molecular weight is 1640 g/mol. The van der Waals surface area contributed by atoms with Crippen molar-refractivity contribution in [2.75, 3.05) is 42.6 Å². The molecule has 0 saturated carbocycles. The number of aliphatic imine (C=N–C) groups is 2. The second-order valence-electron chi connectivity index (χ2n) is 26.6. The first-order chi connectivity index (χ1) is 52.3. The van der Waals surface area contributed by atoms with Crippen molar-refractivity contribution in [3.8, 4) is 5.75 Å². The van der Waals surface area contributed by atoms with Crippen LogP contribution in [0.3, 0.4) is 0 Å². The number of hydrogen-bond acceptors (Lipinski definition) is 26. The van der Waals surface area contributed by atoms with Crippen LogP contribution in [0.15, 0.2) is 34.3 Å². The second-order valence-corrected chi connectivity index (χ2v) is 31.7. The second kappa shape index (κ2) is 48.9. The normalized spacial score (nSPS) is 23.5. The van der Waals surface area contributed by atoms with E-state index < -0.39 is 239 Å². The molecule has 3 rings (SSSR count). The lowest BCUT2D eigenvalue weighted by molar-refractivity contribution is -0.142. The number of aliphatic hydroxyl groups is 1. The number of primary amides is 2. The van der Waals surface area contributed by atoms with Gasteiger partial charge in [0, 0.05) is 42.5 Å². The highest BCUT2D eigenvalue weighted by Crippen LogP contribution is 2.27. The van der Waals surface area contributed by atoms with Crippen molar-refractivity contribution in [2.45, 2.75) is 203 Å². The standard InChI is InChI=1S/C65H107N23O19S4/c1-7-30(4)48-61(104)84-44-28-111-108-25-41(57(100)81-40(24-46(69)92)55(98)80-39(23-45(68)91)54(97)76-35(52(95)87-48)12-8-9-19-66)82-53(96)38(22-33-15-17-34(90)18-16-33)79-58(101)43(85-62(105)49(32(6)89)88-50(93)31(5)67)27-110-109-26-42(83-60(103)47(29(2)3)86-59(44)102)56(99)77-36(13-10-20-74-64(70)71)51(94)78-37(63(106)107)14-11-21-75-65(72)73/h15-18,29-32,35-44,47-49,89-90H,7-14,19-28,66-67H2,1-6H3,(H2,68,91)(H2,69,92)(H,76,97)(H,77,99)(H,78,94)(H,79,101)(H,80,98)(H,81,100)(H,82,96)(H,83,103)(H,84,104)(H,85,105)(H,86,102)(H,87,95)(H,88,93)(H,106,107)(H4,70,71,74)(H4,72,73,75)/t30-,31-,32+,35-,36-,37-,38-,39-,40-,41-,42-,43-,44-,47-,48-,49-/m0/s1. The fraction of sp³-hybridized carbons (Fsp3) is 0.631. The number of amides is 15. The summed E-state index contributed by atoms with van der Waals surface area (Å²) < 4.78 is 0. The molecule has 111 heavy (non-hydrogen) atoms. The number of carboxylic acids is 1. The molecule has 42 nitrogen and oxygen atoms in total. The van der Waals surface area contributed by atoms with E-state index in [0.717, 1.165) is 50.1 Å². The number of benzene rings is 1. The van der Waals surface area contributed by atoms with Crippen LogP contribution in [-0.2, 0) is 83.1 Å². The number of aromatic hydroxyl groups is 1. The van der Waals surface area contributed by atoms with Crippen molar-refractivity contribution in [1.29, 1.82) is 0 Å². The van der Waals surface area contributed by atoms with E-state index in [2.05, 4.69) is 79.1 Å². The van der Waals surface area contributed by atoms with Crippen LogP contribution in [0.1, 0.15) is 111 Å². The number of nitrogens with zero attached hydrogens (tertiary/aromatic N) is 2. The maximum Gasteiger partial charge on any atom is 0.326 e. The molecule has 2 aliphatic heterocycles. The number of phenols is 1. The third-order valence-corrected chi connectivity index (χ3v) is 21.8. The van der Waals surface area contributed by atoms with E-state index in [4.69, 9.17) is 45.9 Å². The maximum atomic E-state index is 15.2. The van der Waals surface area contributed by atoms with E-state index in [1.165, 1.54) is 45.0 Å². The highest BCUT2D eigenvalue weighted by molar-refractivity contribution is 8.77. The predicted molar refractivity (Wildman–Crippen MR) is 414 cm³/mol. The molecule has 1 aromatic carbocycles. The van der Waals surface area contributed by atoms with Crippen LogP contribution in [0.4, 0.5) is 0 Å². The molecule has 0 aliphatic carbocycles. The minimum absolute atomic E-state index is 0.0130. The Morgan fingerprint density at radius 3 is 1.52 bits per heavy atom. The summed E-state index contributed by atoms with van der Waals surface area (Å²) in [6.45, 7) is 8.69. The minimum atomic E-state index is -2.02. The molecule has 32 N–H and O–H groups in total. The lowest BCUT2D eigenvalue weighted by Gasteiger charge is -2.31. The summed E-state index contributed by atoms with van der Waals surface area (Å²) in [5, 5.41) is 63.8. The first kappa shape index (κ1) is 95.6. The summed E-state index contributed by atoms with van der Waals surface area (Å²) in [5.41, 5.74) is 45.0. The first-order valence-corrected chi connectivity index (χ1v) is 40.5. The summed E-state index contributed by atoms with van der Waals surface area (Å²) in [6, 6.07) is -18.6. The van der Waals surface area contributed by atoms with Gasteiger partial charge in [0.15, 0.2) is 11.9 Å². The van der Waals surface area contributed by atoms with E-state index in [9.17, 15) is 72.9 Å². The van der Waals surface area contributed by atoms with Gasteiger partial charge in [-0.3, -0.25) is 81.9 Å². The number of carbonyl (C=O) groups is 16. The molecule has 2 fully saturated rings. The molecule has 0 spiro atoms. The van der Waals surface area contributed by atoms with E-state index in [-0.39, 0.29) is 87.8 Å². The minimum Gasteiger partial charge on any atom is -0.508 e. The van der Waals surface area contributed by atoms with Crippen LogP contribution in [0, 0.1) is 11.8 Å². The van der Waals surface area contributed by atoms with Crippen LogP contribution in [0.2, 0.25) is 0 Å². The fourth-order valence-electron chi connectivity index (χ4n) is 10.5. The average Bonchev–Trinajstić information content (AvgIpc) is 0.843. The molecule has 0 aromatic heterocycles. The number of fused-ring (bicyclic) bond motifs is 5. The number of carbonyl (C=O) groups excluding carboxylic acids is 15. The molecule has 620 valence electrons. The predicted octanol–water partition coefficient (Wildman–Crippen LogP) is -8.47. The maximum absolute atomic E-state index is 15.2. The molecule has 15 amide bonds. The SMILES string of the molecule is CC[C@H](C)[C@@H]1NC(=O)[C@H](CCCCN)NC(=O)[C@H](CC(N)=O)NC(=O)[C@H](CC(N)=O)NC(=O)[C@@H]2CSSC[C@H](NC1=O)C(=O)N[C@@H](C(C)C)C(=O)N[C@H](C(=O)N[C@@H](CCCN=C(N)N)C(=O)N[C@@H](CCCN=C(N)N)C(=O)O)CSSC[C@H](NC(=O)[C@@H](NC(=O)[C@H](C)N)[C@@H](C)O)C(=O)N[C@@H](Cc1ccc(O)cc1)C(=O)N2.